The van der Waals surface area contributed by atoms with Gasteiger partial charge >= 0.3 is 0 Å². The maximum absolute atomic E-state index is 15.0. The number of aromatic nitrogens is 5. The lowest BCUT2D eigenvalue weighted by Gasteiger charge is -2.34. The van der Waals surface area contributed by atoms with Crippen molar-refractivity contribution >= 4 is 38.4 Å². The van der Waals surface area contributed by atoms with Crippen LogP contribution in [0.2, 0.25) is 0 Å². The number of nitrogens with zero attached hydrogens (tertiary/aromatic N) is 7. The van der Waals surface area contributed by atoms with E-state index in [2.05, 4.69) is 35.3 Å². The Balaban J connectivity index is 1.20. The fourth-order valence-electron chi connectivity index (χ4n) is 4.58. The van der Waals surface area contributed by atoms with Crippen LogP contribution in [0.1, 0.15) is 43.1 Å². The highest BCUT2D eigenvalue weighted by molar-refractivity contribution is 7.22. The maximum Gasteiger partial charge on any atom is 0.259 e. The number of nitrogens with one attached hydrogen (secondary N) is 1. The molecule has 3 aromatic heterocycles. The number of benzene rings is 1. The summed E-state index contributed by atoms with van der Waals surface area (Å²) in [6, 6.07) is 9.09. The van der Waals surface area contributed by atoms with Crippen LogP contribution in [0.4, 0.5) is 15.3 Å². The van der Waals surface area contributed by atoms with Crippen LogP contribution in [0.3, 0.4) is 0 Å². The molecule has 1 aromatic carbocycles. The van der Waals surface area contributed by atoms with Crippen LogP contribution in [0.5, 0.6) is 0 Å². The van der Waals surface area contributed by atoms with E-state index in [1.165, 1.54) is 30.2 Å². The van der Waals surface area contributed by atoms with E-state index in [0.29, 0.717) is 22.9 Å². The van der Waals surface area contributed by atoms with E-state index in [1.54, 1.807) is 30.6 Å². The Hall–Kier alpha value is -3.44. The zero-order valence-electron chi connectivity index (χ0n) is 20.2. The highest BCUT2D eigenvalue weighted by atomic mass is 32.1. The summed E-state index contributed by atoms with van der Waals surface area (Å²) >= 11 is 1.50. The third-order valence-corrected chi connectivity index (χ3v) is 7.79. The fourth-order valence-corrected chi connectivity index (χ4v) is 5.62. The van der Waals surface area contributed by atoms with Crippen LogP contribution >= 0.6 is 11.3 Å². The largest absolute Gasteiger partial charge is 0.345 e. The summed E-state index contributed by atoms with van der Waals surface area (Å²) in [5.74, 6) is -0.249. The third-order valence-electron chi connectivity index (χ3n) is 6.71. The van der Waals surface area contributed by atoms with Crippen LogP contribution in [-0.4, -0.2) is 67.8 Å². The minimum Gasteiger partial charge on any atom is -0.345 e. The predicted molar refractivity (Wildman–Crippen MR) is 138 cm³/mol. The van der Waals surface area contributed by atoms with E-state index in [-0.39, 0.29) is 11.6 Å². The van der Waals surface area contributed by atoms with Gasteiger partial charge in [0.15, 0.2) is 11.0 Å². The second-order valence-electron chi connectivity index (χ2n) is 9.57. The number of thiazole rings is 1. The highest BCUT2D eigenvalue weighted by Gasteiger charge is 2.32. The number of pyridine rings is 1. The van der Waals surface area contributed by atoms with Crippen molar-refractivity contribution in [1.82, 2.24) is 29.6 Å². The number of hydrogen-bond donors (Lipinski definition) is 1. The molecule has 2 fully saturated rings. The molecule has 1 amide bonds. The summed E-state index contributed by atoms with van der Waals surface area (Å²) in [4.78, 5) is 27.0. The Morgan fingerprint density at radius 2 is 1.94 bits per heavy atom. The zero-order chi connectivity index (χ0) is 24.8. The number of halogens is 1. The fraction of sp³-hybridized carbons (Fsp3) is 0.400. The molecule has 1 saturated heterocycles. The molecule has 0 atom stereocenters. The van der Waals surface area contributed by atoms with Gasteiger partial charge in [-0.05, 0) is 44.9 Å². The van der Waals surface area contributed by atoms with E-state index >= 15 is 0 Å². The van der Waals surface area contributed by atoms with E-state index in [4.69, 9.17) is 0 Å². The van der Waals surface area contributed by atoms with E-state index < -0.39 is 11.7 Å². The molecule has 0 radical (unpaired) electrons. The SMILES string of the molecule is CC(C)n1cnnc1-c1cccc(NC(=O)c2cc3sc(N4CCN(C5CC5)CC4)nc3cc2F)n1. The molecule has 186 valence electrons. The summed E-state index contributed by atoms with van der Waals surface area (Å²) in [6.45, 7) is 7.94. The van der Waals surface area contributed by atoms with Crippen LogP contribution in [0, 0.1) is 5.82 Å². The van der Waals surface area contributed by atoms with Gasteiger partial charge in [0.2, 0.25) is 0 Å². The number of hydrogen-bond acceptors (Lipinski definition) is 8. The normalized spacial score (nSPS) is 16.7. The molecule has 2 aliphatic rings. The monoisotopic (exact) mass is 506 g/mol. The minimum absolute atomic E-state index is 0.0335. The Kier molecular flexibility index (Phi) is 5.88. The smallest absolute Gasteiger partial charge is 0.259 e. The van der Waals surface area contributed by atoms with Crippen molar-refractivity contribution in [2.24, 2.45) is 0 Å². The van der Waals surface area contributed by atoms with E-state index in [9.17, 15) is 9.18 Å². The molecule has 1 aliphatic heterocycles. The van der Waals surface area contributed by atoms with Gasteiger partial charge < -0.3 is 14.8 Å². The van der Waals surface area contributed by atoms with Gasteiger partial charge in [0, 0.05) is 44.3 Å². The van der Waals surface area contributed by atoms with Crippen molar-refractivity contribution in [1.29, 1.82) is 0 Å². The summed E-state index contributed by atoms with van der Waals surface area (Å²) in [7, 11) is 0. The molecule has 0 spiro atoms. The molecule has 4 heterocycles. The Bertz CT molecular complexity index is 1420. The van der Waals surface area contributed by atoms with Gasteiger partial charge in [-0.1, -0.05) is 17.4 Å². The molecule has 11 heteroatoms. The number of piperazine rings is 1. The number of rotatable bonds is 6. The molecular formula is C25H27FN8OS. The molecule has 1 aliphatic carbocycles. The summed E-state index contributed by atoms with van der Waals surface area (Å²) in [5.41, 5.74) is 1.11. The topological polar surface area (TPSA) is 92.1 Å². The van der Waals surface area contributed by atoms with Gasteiger partial charge in [-0.25, -0.2) is 14.4 Å². The minimum atomic E-state index is -0.605. The second kappa shape index (κ2) is 9.21. The van der Waals surface area contributed by atoms with Crippen molar-refractivity contribution in [3.05, 3.63) is 48.0 Å². The number of carbonyl (C=O) groups is 1. The van der Waals surface area contributed by atoms with Gasteiger partial charge in [-0.3, -0.25) is 9.69 Å². The molecule has 1 N–H and O–H groups in total. The van der Waals surface area contributed by atoms with E-state index in [0.717, 1.165) is 42.1 Å². The van der Waals surface area contributed by atoms with Gasteiger partial charge in [0.25, 0.3) is 5.91 Å². The van der Waals surface area contributed by atoms with Gasteiger partial charge in [-0.15, -0.1) is 10.2 Å². The van der Waals surface area contributed by atoms with Crippen molar-refractivity contribution in [3.63, 3.8) is 0 Å². The summed E-state index contributed by atoms with van der Waals surface area (Å²) < 4.78 is 17.6. The molecule has 6 rings (SSSR count). The first kappa shape index (κ1) is 23.0. The van der Waals surface area contributed by atoms with E-state index in [1.807, 2.05) is 18.4 Å². The number of carbonyl (C=O) groups excluding carboxylic acids is 1. The van der Waals surface area contributed by atoms with Crippen LogP contribution in [0.25, 0.3) is 21.7 Å². The Morgan fingerprint density at radius 3 is 2.69 bits per heavy atom. The van der Waals surface area contributed by atoms with Crippen molar-refractivity contribution in [3.8, 4) is 11.5 Å². The second-order valence-corrected chi connectivity index (χ2v) is 10.6. The van der Waals surface area contributed by atoms with Crippen LogP contribution in [0.15, 0.2) is 36.7 Å². The lowest BCUT2D eigenvalue weighted by Crippen LogP contribution is -2.47. The van der Waals surface area contributed by atoms with Crippen LogP contribution in [-0.2, 0) is 0 Å². The summed E-state index contributed by atoms with van der Waals surface area (Å²) in [6.07, 6.45) is 4.27. The third kappa shape index (κ3) is 4.44. The van der Waals surface area contributed by atoms with Crippen molar-refractivity contribution in [2.45, 2.75) is 38.8 Å². The predicted octanol–water partition coefficient (Wildman–Crippen LogP) is 4.21. The van der Waals surface area contributed by atoms with Crippen molar-refractivity contribution in [2.75, 3.05) is 36.4 Å². The number of anilines is 2. The first-order valence-electron chi connectivity index (χ1n) is 12.2. The average Bonchev–Trinajstić information content (AvgIpc) is 3.44. The van der Waals surface area contributed by atoms with Gasteiger partial charge in [0.1, 0.15) is 23.7 Å². The lowest BCUT2D eigenvalue weighted by molar-refractivity contribution is 0.102. The molecule has 1 saturated carbocycles. The molecule has 0 unspecified atom stereocenters. The molecular weight excluding hydrogens is 479 g/mol. The van der Waals surface area contributed by atoms with Crippen molar-refractivity contribution < 1.29 is 9.18 Å². The first-order chi connectivity index (χ1) is 17.5. The average molecular weight is 507 g/mol. The number of amides is 1. The standard InChI is InChI=1S/C25H27FN8OS/c1-15(2)34-14-27-31-23(34)19-4-3-5-22(28-19)30-24(35)17-12-21-20(13-18(17)26)29-25(36-21)33-10-8-32(9-11-33)16-6-7-16/h3-5,12-16H,6-11H2,1-2H3,(H,28,30,35). The highest BCUT2D eigenvalue weighted by Crippen LogP contribution is 2.33. The summed E-state index contributed by atoms with van der Waals surface area (Å²) in [5, 5.41) is 11.7. The Morgan fingerprint density at radius 1 is 1.14 bits per heavy atom. The molecule has 9 nitrogen and oxygen atoms in total. The van der Waals surface area contributed by atoms with Crippen LogP contribution < -0.4 is 10.2 Å². The Labute approximate surface area is 212 Å². The quantitative estimate of drug-likeness (QED) is 0.419. The molecule has 36 heavy (non-hydrogen) atoms. The molecule has 4 aromatic rings. The van der Waals surface area contributed by atoms with Gasteiger partial charge in [-0.2, -0.15) is 0 Å². The first-order valence-corrected chi connectivity index (χ1v) is 13.1. The number of fused-ring (bicyclic) bond motifs is 1. The molecule has 0 bridgehead atoms. The lowest BCUT2D eigenvalue weighted by atomic mass is 10.2. The van der Waals surface area contributed by atoms with Gasteiger partial charge in [0.05, 0.1) is 15.8 Å². The maximum atomic E-state index is 15.0. The zero-order valence-corrected chi connectivity index (χ0v) is 21.0.